The van der Waals surface area contributed by atoms with Crippen molar-refractivity contribution in [2.45, 2.75) is 33.7 Å². The quantitative estimate of drug-likeness (QED) is 0.792. The van der Waals surface area contributed by atoms with Gasteiger partial charge in [0.2, 0.25) is 0 Å². The van der Waals surface area contributed by atoms with E-state index in [9.17, 15) is 0 Å². The van der Waals surface area contributed by atoms with E-state index in [2.05, 4.69) is 55.0 Å². The number of rotatable bonds is 2. The van der Waals surface area contributed by atoms with Crippen molar-refractivity contribution >= 4 is 0 Å². The van der Waals surface area contributed by atoms with Gasteiger partial charge in [0, 0.05) is 32.2 Å². The van der Waals surface area contributed by atoms with E-state index >= 15 is 0 Å². The van der Waals surface area contributed by atoms with Crippen molar-refractivity contribution in [2.24, 2.45) is 0 Å². The molecular weight excluding hydrogens is 220 g/mol. The maximum Gasteiger partial charge on any atom is 0.0321 e. The van der Waals surface area contributed by atoms with Gasteiger partial charge in [0.1, 0.15) is 0 Å². The van der Waals surface area contributed by atoms with E-state index in [0.717, 1.165) is 0 Å². The van der Waals surface area contributed by atoms with Crippen LogP contribution in [0, 0.1) is 6.92 Å². The minimum atomic E-state index is 0.550. The third-order valence-electron chi connectivity index (χ3n) is 3.61. The molecule has 18 heavy (non-hydrogen) atoms. The summed E-state index contributed by atoms with van der Waals surface area (Å²) in [6.07, 6.45) is 0. The first kappa shape index (κ1) is 15.2. The summed E-state index contributed by atoms with van der Waals surface area (Å²) in [5, 5.41) is 0. The molecule has 1 saturated heterocycles. The van der Waals surface area contributed by atoms with Crippen LogP contribution < -0.4 is 0 Å². The number of hydrogen-bond donors (Lipinski definition) is 0. The van der Waals surface area contributed by atoms with Crippen LogP contribution in [-0.2, 0) is 0 Å². The SMILES string of the molecule is CC.Cc1cccc(C(C)N2CCN(C)CC2)c1. The Hall–Kier alpha value is -0.860. The fraction of sp³-hybridized carbons (Fsp3) is 0.625. The molecule has 1 aromatic carbocycles. The van der Waals surface area contributed by atoms with Gasteiger partial charge in [0.25, 0.3) is 0 Å². The number of aryl methyl sites for hydroxylation is 1. The number of hydrogen-bond acceptors (Lipinski definition) is 2. The predicted octanol–water partition coefficient (Wildman–Crippen LogP) is 3.33. The highest BCUT2D eigenvalue weighted by atomic mass is 15.3. The standard InChI is InChI=1S/C14H22N2.C2H6/c1-12-5-4-6-14(11-12)13(2)16-9-7-15(3)8-10-16;1-2/h4-6,11,13H,7-10H2,1-3H3;1-2H3. The topological polar surface area (TPSA) is 6.48 Å². The first-order valence-corrected chi connectivity index (χ1v) is 7.16. The molecule has 1 atom stereocenters. The first-order valence-electron chi connectivity index (χ1n) is 7.16. The van der Waals surface area contributed by atoms with Crippen molar-refractivity contribution < 1.29 is 0 Å². The Labute approximate surface area is 113 Å². The molecule has 1 aromatic rings. The Balaban J connectivity index is 0.000000771. The van der Waals surface area contributed by atoms with E-state index in [-0.39, 0.29) is 0 Å². The normalized spacial score (nSPS) is 18.9. The third kappa shape index (κ3) is 4.11. The van der Waals surface area contributed by atoms with Gasteiger partial charge in [0.15, 0.2) is 0 Å². The van der Waals surface area contributed by atoms with Gasteiger partial charge in [-0.2, -0.15) is 0 Å². The van der Waals surface area contributed by atoms with E-state index in [1.807, 2.05) is 13.8 Å². The van der Waals surface area contributed by atoms with E-state index in [1.54, 1.807) is 0 Å². The van der Waals surface area contributed by atoms with Crippen LogP contribution in [0.15, 0.2) is 24.3 Å². The largest absolute Gasteiger partial charge is 0.304 e. The van der Waals surface area contributed by atoms with Gasteiger partial charge in [-0.15, -0.1) is 0 Å². The lowest BCUT2D eigenvalue weighted by Gasteiger charge is -2.36. The lowest BCUT2D eigenvalue weighted by molar-refractivity contribution is 0.119. The molecule has 0 amide bonds. The number of benzene rings is 1. The summed E-state index contributed by atoms with van der Waals surface area (Å²) in [5.74, 6) is 0. The fourth-order valence-corrected chi connectivity index (χ4v) is 2.35. The molecular formula is C16H28N2. The second-order valence-electron chi connectivity index (χ2n) is 4.93. The van der Waals surface area contributed by atoms with Crippen LogP contribution in [0.1, 0.15) is 37.9 Å². The molecule has 1 unspecified atom stereocenters. The first-order chi connectivity index (χ1) is 8.66. The van der Waals surface area contributed by atoms with Crippen molar-refractivity contribution in [1.29, 1.82) is 0 Å². The highest BCUT2D eigenvalue weighted by Gasteiger charge is 2.19. The minimum Gasteiger partial charge on any atom is -0.304 e. The Morgan fingerprint density at radius 3 is 2.22 bits per heavy atom. The van der Waals surface area contributed by atoms with Crippen molar-refractivity contribution in [1.82, 2.24) is 9.80 Å². The van der Waals surface area contributed by atoms with Crippen LogP contribution in [-0.4, -0.2) is 43.0 Å². The summed E-state index contributed by atoms with van der Waals surface area (Å²) >= 11 is 0. The lowest BCUT2D eigenvalue weighted by atomic mass is 10.0. The van der Waals surface area contributed by atoms with Gasteiger partial charge in [-0.25, -0.2) is 0 Å². The monoisotopic (exact) mass is 248 g/mol. The second-order valence-corrected chi connectivity index (χ2v) is 4.93. The molecule has 2 rings (SSSR count). The smallest absolute Gasteiger partial charge is 0.0321 e. The molecule has 0 bridgehead atoms. The second kappa shape index (κ2) is 7.55. The highest BCUT2D eigenvalue weighted by Crippen LogP contribution is 2.21. The van der Waals surface area contributed by atoms with Crippen LogP contribution in [0.3, 0.4) is 0 Å². The van der Waals surface area contributed by atoms with Gasteiger partial charge in [0.05, 0.1) is 0 Å². The summed E-state index contributed by atoms with van der Waals surface area (Å²) in [6.45, 7) is 13.2. The van der Waals surface area contributed by atoms with Crippen molar-refractivity contribution in [3.8, 4) is 0 Å². The Morgan fingerprint density at radius 1 is 1.06 bits per heavy atom. The summed E-state index contributed by atoms with van der Waals surface area (Å²) in [7, 11) is 2.20. The van der Waals surface area contributed by atoms with Gasteiger partial charge >= 0.3 is 0 Å². The molecule has 102 valence electrons. The Morgan fingerprint density at radius 2 is 1.67 bits per heavy atom. The molecule has 1 fully saturated rings. The summed E-state index contributed by atoms with van der Waals surface area (Å²) in [4.78, 5) is 4.98. The number of nitrogens with zero attached hydrogens (tertiary/aromatic N) is 2. The highest BCUT2D eigenvalue weighted by molar-refractivity contribution is 5.24. The molecule has 0 spiro atoms. The van der Waals surface area contributed by atoms with Crippen LogP contribution in [0.2, 0.25) is 0 Å². The summed E-state index contributed by atoms with van der Waals surface area (Å²) < 4.78 is 0. The van der Waals surface area contributed by atoms with Gasteiger partial charge in [-0.1, -0.05) is 43.7 Å². The molecule has 0 N–H and O–H groups in total. The zero-order chi connectivity index (χ0) is 13.5. The fourth-order valence-electron chi connectivity index (χ4n) is 2.35. The molecule has 2 nitrogen and oxygen atoms in total. The molecule has 0 radical (unpaired) electrons. The molecule has 2 heteroatoms. The van der Waals surface area contributed by atoms with Gasteiger partial charge < -0.3 is 4.90 Å². The third-order valence-corrected chi connectivity index (χ3v) is 3.61. The van der Waals surface area contributed by atoms with Crippen molar-refractivity contribution in [3.63, 3.8) is 0 Å². The molecule has 0 aliphatic carbocycles. The van der Waals surface area contributed by atoms with Crippen LogP contribution >= 0.6 is 0 Å². The maximum atomic E-state index is 2.58. The van der Waals surface area contributed by atoms with Crippen molar-refractivity contribution in [3.05, 3.63) is 35.4 Å². The molecule has 1 aliphatic heterocycles. The van der Waals surface area contributed by atoms with Crippen LogP contribution in [0.5, 0.6) is 0 Å². The summed E-state index contributed by atoms with van der Waals surface area (Å²) in [5.41, 5.74) is 2.81. The predicted molar refractivity (Wildman–Crippen MR) is 80.0 cm³/mol. The van der Waals surface area contributed by atoms with Crippen LogP contribution in [0.25, 0.3) is 0 Å². The maximum absolute atomic E-state index is 2.58. The molecule has 0 aromatic heterocycles. The van der Waals surface area contributed by atoms with E-state index in [0.29, 0.717) is 6.04 Å². The average Bonchev–Trinajstić information content (AvgIpc) is 2.41. The summed E-state index contributed by atoms with van der Waals surface area (Å²) in [6, 6.07) is 9.43. The molecule has 1 aliphatic rings. The zero-order valence-electron chi connectivity index (χ0n) is 12.6. The van der Waals surface area contributed by atoms with Crippen molar-refractivity contribution in [2.75, 3.05) is 33.2 Å². The Bertz CT molecular complexity index is 341. The van der Waals surface area contributed by atoms with E-state index in [1.165, 1.54) is 37.3 Å². The Kier molecular flexibility index (Phi) is 6.37. The number of likely N-dealkylation sites (N-methyl/N-ethyl adjacent to an activating group) is 1. The zero-order valence-corrected chi connectivity index (χ0v) is 12.6. The molecule has 1 heterocycles. The molecule has 0 saturated carbocycles. The van der Waals surface area contributed by atoms with Gasteiger partial charge in [-0.3, -0.25) is 4.90 Å². The van der Waals surface area contributed by atoms with Crippen LogP contribution in [0.4, 0.5) is 0 Å². The van der Waals surface area contributed by atoms with E-state index in [4.69, 9.17) is 0 Å². The van der Waals surface area contributed by atoms with Gasteiger partial charge in [-0.05, 0) is 26.5 Å². The lowest BCUT2D eigenvalue weighted by Crippen LogP contribution is -2.45. The number of piperazine rings is 1. The average molecular weight is 248 g/mol. The minimum absolute atomic E-state index is 0.550. The van der Waals surface area contributed by atoms with E-state index < -0.39 is 0 Å².